The van der Waals surface area contributed by atoms with E-state index in [0.29, 0.717) is 17.2 Å². The maximum Gasteiger partial charge on any atom is 0.164 e. The summed E-state index contributed by atoms with van der Waals surface area (Å²) < 4.78 is 7.00. The third-order valence-corrected chi connectivity index (χ3v) is 3.41. The molecule has 4 atom stereocenters. The molecule has 1 fully saturated rings. The zero-order chi connectivity index (χ0) is 15.0. The lowest BCUT2D eigenvalue weighted by molar-refractivity contribution is -0.0520. The van der Waals surface area contributed by atoms with Gasteiger partial charge in [0.2, 0.25) is 0 Å². The number of nitrogens with zero attached hydrogens (tertiary/aromatic N) is 4. The van der Waals surface area contributed by atoms with Crippen LogP contribution in [0.1, 0.15) is 6.23 Å². The SMILES string of the molecule is Nc1cc(-c2cncn2[C@@H]2O[C@H](CO)[C@@H](O)[C@H]2O)ncn1. The van der Waals surface area contributed by atoms with Gasteiger partial charge >= 0.3 is 0 Å². The molecule has 2 aromatic heterocycles. The molecule has 1 aliphatic heterocycles. The van der Waals surface area contributed by atoms with Gasteiger partial charge in [0.15, 0.2) is 6.23 Å². The van der Waals surface area contributed by atoms with E-state index < -0.39 is 24.5 Å². The van der Waals surface area contributed by atoms with E-state index in [-0.39, 0.29) is 6.61 Å². The third kappa shape index (κ3) is 2.36. The van der Waals surface area contributed by atoms with Crippen LogP contribution in [0.3, 0.4) is 0 Å². The van der Waals surface area contributed by atoms with Gasteiger partial charge in [-0.1, -0.05) is 0 Å². The summed E-state index contributed by atoms with van der Waals surface area (Å²) in [7, 11) is 0. The Morgan fingerprint density at radius 2 is 2.10 bits per heavy atom. The minimum atomic E-state index is -1.19. The number of hydrogen-bond donors (Lipinski definition) is 4. The number of aromatic nitrogens is 4. The highest BCUT2D eigenvalue weighted by atomic mass is 16.6. The molecule has 0 saturated carbocycles. The molecule has 1 saturated heterocycles. The Balaban J connectivity index is 1.96. The molecule has 9 nitrogen and oxygen atoms in total. The first-order chi connectivity index (χ1) is 10.1. The molecule has 9 heteroatoms. The van der Waals surface area contributed by atoms with Crippen LogP contribution in [0.4, 0.5) is 5.82 Å². The lowest BCUT2D eigenvalue weighted by atomic mass is 10.1. The number of anilines is 1. The molecule has 0 aromatic carbocycles. The molecule has 21 heavy (non-hydrogen) atoms. The standard InChI is InChI=1S/C12H15N5O4/c13-9-1-6(15-4-16-9)7-2-14-5-17(7)12-11(20)10(19)8(3-18)21-12/h1-2,4-5,8,10-12,18-20H,3H2,(H2,13,15,16)/t8-,10-,11-,12-/m1/s1. The second-order valence-electron chi connectivity index (χ2n) is 4.74. The zero-order valence-corrected chi connectivity index (χ0v) is 10.9. The molecule has 0 amide bonds. The van der Waals surface area contributed by atoms with Crippen LogP contribution in [-0.4, -0.2) is 59.8 Å². The summed E-state index contributed by atoms with van der Waals surface area (Å²) in [5.41, 5.74) is 6.69. The summed E-state index contributed by atoms with van der Waals surface area (Å²) in [6.45, 7) is -0.390. The van der Waals surface area contributed by atoms with Crippen LogP contribution in [-0.2, 0) is 4.74 Å². The fraction of sp³-hybridized carbons (Fsp3) is 0.417. The fourth-order valence-electron chi connectivity index (χ4n) is 2.33. The van der Waals surface area contributed by atoms with Crippen molar-refractivity contribution in [3.63, 3.8) is 0 Å². The maximum atomic E-state index is 10.1. The summed E-state index contributed by atoms with van der Waals surface area (Å²) >= 11 is 0. The van der Waals surface area contributed by atoms with Crippen LogP contribution >= 0.6 is 0 Å². The number of ether oxygens (including phenoxy) is 1. The summed E-state index contributed by atoms with van der Waals surface area (Å²) in [5, 5.41) is 29.0. The van der Waals surface area contributed by atoms with Gasteiger partial charge in [0.25, 0.3) is 0 Å². The molecule has 112 valence electrons. The average Bonchev–Trinajstić information content (AvgIpc) is 3.05. The van der Waals surface area contributed by atoms with E-state index in [1.54, 1.807) is 6.07 Å². The predicted molar refractivity (Wildman–Crippen MR) is 70.7 cm³/mol. The molecule has 0 spiro atoms. The van der Waals surface area contributed by atoms with Crippen molar-refractivity contribution in [2.45, 2.75) is 24.5 Å². The average molecular weight is 293 g/mol. The minimum absolute atomic E-state index is 0.300. The van der Waals surface area contributed by atoms with Gasteiger partial charge in [-0.2, -0.15) is 0 Å². The van der Waals surface area contributed by atoms with E-state index in [4.69, 9.17) is 15.6 Å². The Kier molecular flexibility index (Phi) is 3.55. The van der Waals surface area contributed by atoms with Crippen molar-refractivity contribution >= 4 is 5.82 Å². The fourth-order valence-corrected chi connectivity index (χ4v) is 2.33. The summed E-state index contributed by atoms with van der Waals surface area (Å²) in [5.74, 6) is 0.300. The van der Waals surface area contributed by atoms with Gasteiger partial charge in [-0.3, -0.25) is 4.57 Å². The van der Waals surface area contributed by atoms with Crippen LogP contribution in [0.5, 0.6) is 0 Å². The normalized spacial score (nSPS) is 28.9. The molecular weight excluding hydrogens is 278 g/mol. The number of nitrogen functional groups attached to an aromatic ring is 1. The van der Waals surface area contributed by atoms with E-state index in [9.17, 15) is 10.2 Å². The van der Waals surface area contributed by atoms with Crippen LogP contribution in [0, 0.1) is 0 Å². The van der Waals surface area contributed by atoms with E-state index in [1.165, 1.54) is 23.4 Å². The number of aliphatic hydroxyl groups is 3. The molecule has 1 aliphatic rings. The van der Waals surface area contributed by atoms with Gasteiger partial charge in [0.1, 0.15) is 30.5 Å². The number of imidazole rings is 1. The van der Waals surface area contributed by atoms with Gasteiger partial charge in [-0.15, -0.1) is 0 Å². The summed E-state index contributed by atoms with van der Waals surface area (Å²) in [6, 6.07) is 1.56. The number of hydrogen-bond acceptors (Lipinski definition) is 8. The molecule has 0 unspecified atom stereocenters. The van der Waals surface area contributed by atoms with Crippen molar-refractivity contribution in [2.75, 3.05) is 12.3 Å². The molecule has 2 aromatic rings. The highest BCUT2D eigenvalue weighted by Crippen LogP contribution is 2.32. The van der Waals surface area contributed by atoms with Gasteiger partial charge in [-0.05, 0) is 0 Å². The van der Waals surface area contributed by atoms with Crippen molar-refractivity contribution in [3.8, 4) is 11.4 Å². The Labute approximate surface area is 119 Å². The largest absolute Gasteiger partial charge is 0.394 e. The van der Waals surface area contributed by atoms with Gasteiger partial charge < -0.3 is 25.8 Å². The molecule has 3 heterocycles. The molecule has 0 aliphatic carbocycles. The van der Waals surface area contributed by atoms with E-state index in [0.717, 1.165) is 0 Å². The molecular formula is C12H15N5O4. The first-order valence-corrected chi connectivity index (χ1v) is 6.34. The minimum Gasteiger partial charge on any atom is -0.394 e. The molecule has 3 rings (SSSR count). The second kappa shape index (κ2) is 5.37. The smallest absolute Gasteiger partial charge is 0.164 e. The van der Waals surface area contributed by atoms with Crippen LogP contribution in [0.15, 0.2) is 24.9 Å². The topological polar surface area (TPSA) is 140 Å². The van der Waals surface area contributed by atoms with E-state index in [1.807, 2.05) is 0 Å². The summed E-state index contributed by atoms with van der Waals surface area (Å²) in [6.07, 6.45) is 0.227. The summed E-state index contributed by atoms with van der Waals surface area (Å²) in [4.78, 5) is 11.9. The Hall–Kier alpha value is -2.07. The van der Waals surface area contributed by atoms with Gasteiger partial charge in [0.05, 0.1) is 30.5 Å². The lowest BCUT2D eigenvalue weighted by Gasteiger charge is -2.18. The Morgan fingerprint density at radius 3 is 2.76 bits per heavy atom. The maximum absolute atomic E-state index is 10.1. The Morgan fingerprint density at radius 1 is 1.29 bits per heavy atom. The number of rotatable bonds is 3. The van der Waals surface area contributed by atoms with E-state index in [2.05, 4.69) is 15.0 Å². The number of nitrogens with two attached hydrogens (primary N) is 1. The van der Waals surface area contributed by atoms with Gasteiger partial charge in [0, 0.05) is 6.07 Å². The number of aliphatic hydroxyl groups excluding tert-OH is 3. The molecule has 0 bridgehead atoms. The van der Waals surface area contributed by atoms with Crippen molar-refractivity contribution in [1.29, 1.82) is 0 Å². The monoisotopic (exact) mass is 293 g/mol. The highest BCUT2D eigenvalue weighted by molar-refractivity contribution is 5.57. The van der Waals surface area contributed by atoms with Crippen LogP contribution < -0.4 is 5.73 Å². The quantitative estimate of drug-likeness (QED) is 0.538. The van der Waals surface area contributed by atoms with Crippen molar-refractivity contribution in [2.24, 2.45) is 0 Å². The van der Waals surface area contributed by atoms with E-state index >= 15 is 0 Å². The lowest BCUT2D eigenvalue weighted by Crippen LogP contribution is -2.33. The van der Waals surface area contributed by atoms with Gasteiger partial charge in [-0.25, -0.2) is 15.0 Å². The predicted octanol–water partition coefficient (Wildman–Crippen LogP) is -1.47. The third-order valence-electron chi connectivity index (χ3n) is 3.41. The van der Waals surface area contributed by atoms with Crippen molar-refractivity contribution in [1.82, 2.24) is 19.5 Å². The first kappa shape index (κ1) is 13.9. The van der Waals surface area contributed by atoms with Crippen LogP contribution in [0.25, 0.3) is 11.4 Å². The first-order valence-electron chi connectivity index (χ1n) is 6.34. The Bertz CT molecular complexity index is 634. The van der Waals surface area contributed by atoms with Crippen molar-refractivity contribution in [3.05, 3.63) is 24.9 Å². The second-order valence-corrected chi connectivity index (χ2v) is 4.74. The highest BCUT2D eigenvalue weighted by Gasteiger charge is 2.43. The van der Waals surface area contributed by atoms with Crippen molar-refractivity contribution < 1.29 is 20.1 Å². The molecule has 5 N–H and O–H groups in total. The zero-order valence-electron chi connectivity index (χ0n) is 10.9. The molecule has 0 radical (unpaired) electrons. The van der Waals surface area contributed by atoms with Crippen LogP contribution in [0.2, 0.25) is 0 Å².